The molecule has 8 heteroatoms. The Balaban J connectivity index is 1.70. The van der Waals surface area contributed by atoms with Crippen LogP contribution in [0, 0.1) is 5.82 Å². The maximum atomic E-state index is 13.9. The van der Waals surface area contributed by atoms with Gasteiger partial charge in [0.25, 0.3) is 0 Å². The molecule has 3 aromatic rings. The number of benzene rings is 3. The lowest BCUT2D eigenvalue weighted by Gasteiger charge is -2.20. The monoisotopic (exact) mass is 516 g/mol. The van der Waals surface area contributed by atoms with E-state index in [9.17, 15) is 14.0 Å². The molecule has 0 aliphatic carbocycles. The average Bonchev–Trinajstić information content (AvgIpc) is 3.15. The normalized spacial score (nSPS) is 15.3. The smallest absolute Gasteiger partial charge is 0.407 e. The molecule has 2 N–H and O–H groups in total. The first-order valence-corrected chi connectivity index (χ1v) is 12.5. The molecule has 1 atom stereocenters. The Bertz CT molecular complexity index is 1360. The van der Waals surface area contributed by atoms with Crippen molar-refractivity contribution >= 4 is 29.1 Å². The second-order valence-corrected chi connectivity index (χ2v) is 10.6. The highest BCUT2D eigenvalue weighted by atomic mass is 19.1. The van der Waals surface area contributed by atoms with Crippen molar-refractivity contribution < 1.29 is 18.7 Å². The number of halogens is 1. The number of alkyl carbamates (subject to hydrolysis) is 1. The lowest BCUT2D eigenvalue weighted by atomic mass is 9.90. The van der Waals surface area contributed by atoms with Crippen LogP contribution in [0.5, 0.6) is 0 Å². The Kier molecular flexibility index (Phi) is 7.92. The fraction of sp³-hybridized carbons (Fsp3) is 0.300. The summed E-state index contributed by atoms with van der Waals surface area (Å²) in [6, 6.07) is 19.7. The van der Waals surface area contributed by atoms with Gasteiger partial charge >= 0.3 is 6.09 Å². The predicted molar refractivity (Wildman–Crippen MR) is 147 cm³/mol. The number of ether oxygens (including phenoxy) is 1. The van der Waals surface area contributed by atoms with Gasteiger partial charge in [-0.15, -0.1) is 0 Å². The first-order valence-electron chi connectivity index (χ1n) is 12.5. The van der Waals surface area contributed by atoms with E-state index in [1.54, 1.807) is 26.8 Å². The van der Waals surface area contributed by atoms with Gasteiger partial charge in [0.2, 0.25) is 5.91 Å². The molecule has 0 bridgehead atoms. The molecule has 38 heavy (non-hydrogen) atoms. The van der Waals surface area contributed by atoms with Gasteiger partial charge in [-0.25, -0.2) is 9.18 Å². The third kappa shape index (κ3) is 6.83. The minimum Gasteiger partial charge on any atom is -0.444 e. The van der Waals surface area contributed by atoms with Crippen molar-refractivity contribution in [1.29, 1.82) is 0 Å². The fourth-order valence-electron chi connectivity index (χ4n) is 4.31. The molecule has 1 heterocycles. The van der Waals surface area contributed by atoms with E-state index in [0.29, 0.717) is 22.6 Å². The molecule has 0 fully saturated rings. The molecule has 4 rings (SSSR count). The van der Waals surface area contributed by atoms with Gasteiger partial charge in [0.05, 0.1) is 11.4 Å². The van der Waals surface area contributed by atoms with Gasteiger partial charge in [-0.1, -0.05) is 36.4 Å². The Morgan fingerprint density at radius 2 is 1.79 bits per heavy atom. The number of nitrogens with one attached hydrogen (secondary N) is 2. The van der Waals surface area contributed by atoms with Gasteiger partial charge in [0.15, 0.2) is 0 Å². The summed E-state index contributed by atoms with van der Waals surface area (Å²) in [5.41, 5.74) is 4.42. The summed E-state index contributed by atoms with van der Waals surface area (Å²) in [6.07, 6.45) is -0.513. The van der Waals surface area contributed by atoms with Crippen LogP contribution in [0.4, 0.5) is 20.6 Å². The van der Waals surface area contributed by atoms with Crippen LogP contribution in [0.2, 0.25) is 0 Å². The fourth-order valence-corrected chi connectivity index (χ4v) is 4.31. The van der Waals surface area contributed by atoms with Crippen LogP contribution in [-0.4, -0.2) is 42.3 Å². The molecule has 1 aliphatic rings. The third-order valence-corrected chi connectivity index (χ3v) is 5.86. The quantitative estimate of drug-likeness (QED) is 0.391. The van der Waals surface area contributed by atoms with Crippen LogP contribution < -0.4 is 10.6 Å². The Morgan fingerprint density at radius 3 is 2.47 bits per heavy atom. The second-order valence-electron chi connectivity index (χ2n) is 10.6. The minimum atomic E-state index is -0.721. The van der Waals surface area contributed by atoms with Crippen molar-refractivity contribution in [3.05, 3.63) is 94.8 Å². The molecule has 0 radical (unpaired) electrons. The van der Waals surface area contributed by atoms with Gasteiger partial charge < -0.3 is 20.3 Å². The number of hydrogen-bond acceptors (Lipinski definition) is 5. The number of rotatable bonds is 7. The summed E-state index contributed by atoms with van der Waals surface area (Å²) >= 11 is 0. The molecular formula is C30H33FN4O3. The largest absolute Gasteiger partial charge is 0.444 e. The van der Waals surface area contributed by atoms with E-state index in [4.69, 9.17) is 9.73 Å². The standard InChI is InChI=1S/C30H33FN4O3/c1-30(2,3)38-29(37)32-17-20-7-6-8-21(15-20)27(33-23-12-9-19(10-13-23)18-35(4)5)26-24-14-11-22(31)16-25(24)34-28(26)36/h6-16,26H,17-18H2,1-5H3,(H,32,37)(H,34,36). The van der Waals surface area contributed by atoms with Gasteiger partial charge in [0.1, 0.15) is 17.3 Å². The highest BCUT2D eigenvalue weighted by Gasteiger charge is 2.35. The van der Waals surface area contributed by atoms with E-state index in [1.807, 2.05) is 62.6 Å². The number of carbonyl (C=O) groups excluding carboxylic acids is 2. The van der Waals surface area contributed by atoms with Gasteiger partial charge in [-0.2, -0.15) is 0 Å². The molecule has 2 amide bonds. The molecule has 0 aromatic heterocycles. The lowest BCUT2D eigenvalue weighted by molar-refractivity contribution is -0.115. The van der Waals surface area contributed by atoms with Crippen LogP contribution in [0.15, 0.2) is 71.7 Å². The van der Waals surface area contributed by atoms with E-state index in [-0.39, 0.29) is 12.5 Å². The van der Waals surface area contributed by atoms with Crippen LogP contribution in [-0.2, 0) is 22.6 Å². The molecule has 0 spiro atoms. The maximum Gasteiger partial charge on any atom is 0.407 e. The number of amides is 2. The van der Waals surface area contributed by atoms with Crippen LogP contribution in [0.1, 0.15) is 48.9 Å². The van der Waals surface area contributed by atoms with E-state index >= 15 is 0 Å². The molecule has 0 saturated heterocycles. The average molecular weight is 517 g/mol. The molecule has 7 nitrogen and oxygen atoms in total. The van der Waals surface area contributed by atoms with Crippen molar-refractivity contribution in [2.75, 3.05) is 19.4 Å². The number of hydrogen-bond donors (Lipinski definition) is 2. The third-order valence-electron chi connectivity index (χ3n) is 5.86. The number of aliphatic imine (C=N–C) groups is 1. The van der Waals surface area contributed by atoms with Crippen molar-refractivity contribution in [1.82, 2.24) is 10.2 Å². The molecule has 0 saturated carbocycles. The van der Waals surface area contributed by atoms with E-state index < -0.39 is 23.4 Å². The first kappa shape index (κ1) is 27.0. The highest BCUT2D eigenvalue weighted by Crippen LogP contribution is 2.37. The van der Waals surface area contributed by atoms with E-state index in [2.05, 4.69) is 15.5 Å². The Hall–Kier alpha value is -4.04. The van der Waals surface area contributed by atoms with Crippen molar-refractivity contribution in [3.63, 3.8) is 0 Å². The summed E-state index contributed by atoms with van der Waals surface area (Å²) in [7, 11) is 4.02. The summed E-state index contributed by atoms with van der Waals surface area (Å²) in [4.78, 5) is 32.3. The molecule has 1 unspecified atom stereocenters. The van der Waals surface area contributed by atoms with E-state index in [1.165, 1.54) is 12.1 Å². The van der Waals surface area contributed by atoms with Gasteiger partial charge in [0, 0.05) is 18.8 Å². The zero-order valence-corrected chi connectivity index (χ0v) is 22.3. The molecule has 1 aliphatic heterocycles. The van der Waals surface area contributed by atoms with Crippen molar-refractivity contribution in [3.8, 4) is 0 Å². The number of anilines is 1. The van der Waals surface area contributed by atoms with Crippen LogP contribution in [0.25, 0.3) is 0 Å². The van der Waals surface area contributed by atoms with Gasteiger partial charge in [-0.3, -0.25) is 9.79 Å². The number of fused-ring (bicyclic) bond motifs is 1. The Morgan fingerprint density at radius 1 is 1.05 bits per heavy atom. The summed E-state index contributed by atoms with van der Waals surface area (Å²) in [5.74, 6) is -1.41. The van der Waals surface area contributed by atoms with Crippen molar-refractivity contribution in [2.24, 2.45) is 4.99 Å². The minimum absolute atomic E-state index is 0.244. The predicted octanol–water partition coefficient (Wildman–Crippen LogP) is 5.77. The molecular weight excluding hydrogens is 483 g/mol. The second kappa shape index (κ2) is 11.1. The number of carbonyl (C=O) groups is 2. The maximum absolute atomic E-state index is 13.9. The highest BCUT2D eigenvalue weighted by molar-refractivity contribution is 6.24. The van der Waals surface area contributed by atoms with Crippen molar-refractivity contribution in [2.45, 2.75) is 45.4 Å². The SMILES string of the molecule is CN(C)Cc1ccc(N=C(c2cccc(CNC(=O)OC(C)(C)C)c2)C2C(=O)Nc3cc(F)ccc32)cc1. The lowest BCUT2D eigenvalue weighted by Crippen LogP contribution is -2.32. The first-order chi connectivity index (χ1) is 18.0. The summed E-state index contributed by atoms with van der Waals surface area (Å²) in [6.45, 7) is 6.46. The molecule has 198 valence electrons. The van der Waals surface area contributed by atoms with Gasteiger partial charge in [-0.05, 0) is 87.5 Å². The Labute approximate surface area is 222 Å². The molecule has 3 aromatic carbocycles. The van der Waals surface area contributed by atoms with Crippen LogP contribution in [0.3, 0.4) is 0 Å². The zero-order valence-electron chi connectivity index (χ0n) is 22.3. The van der Waals surface area contributed by atoms with Crippen LogP contribution >= 0.6 is 0 Å². The number of nitrogens with zero attached hydrogens (tertiary/aromatic N) is 2. The topological polar surface area (TPSA) is 83.0 Å². The summed E-state index contributed by atoms with van der Waals surface area (Å²) < 4.78 is 19.2. The zero-order chi connectivity index (χ0) is 27.4. The van der Waals surface area contributed by atoms with E-state index in [0.717, 1.165) is 23.2 Å². The summed E-state index contributed by atoms with van der Waals surface area (Å²) in [5, 5.41) is 5.56.